The number of carbonyl (C=O) groups excluding carboxylic acids is 1. The van der Waals surface area contributed by atoms with Crippen LogP contribution in [-0.4, -0.2) is 36.2 Å². The standard InChI is InChI=1S/C13H24N2O2/c1-2-12(5-4-8-14-9-12)11(17)15-13(10-16)6-3-7-13/h14,16H,2-10H2,1H3,(H,15,17). The van der Waals surface area contributed by atoms with Crippen LogP contribution in [0.1, 0.15) is 45.4 Å². The fourth-order valence-corrected chi connectivity index (χ4v) is 2.92. The first-order chi connectivity index (χ1) is 8.16. The molecule has 2 rings (SSSR count). The van der Waals surface area contributed by atoms with E-state index in [-0.39, 0.29) is 23.5 Å². The van der Waals surface area contributed by atoms with Crippen LogP contribution in [0, 0.1) is 5.41 Å². The fraction of sp³-hybridized carbons (Fsp3) is 0.923. The maximum absolute atomic E-state index is 12.5. The van der Waals surface area contributed by atoms with Crippen LogP contribution in [0.25, 0.3) is 0 Å². The summed E-state index contributed by atoms with van der Waals surface area (Å²) >= 11 is 0. The van der Waals surface area contributed by atoms with Gasteiger partial charge in [0.1, 0.15) is 0 Å². The molecule has 0 radical (unpaired) electrons. The van der Waals surface area contributed by atoms with Gasteiger partial charge in [-0.1, -0.05) is 6.92 Å². The van der Waals surface area contributed by atoms with Crippen LogP contribution in [0.2, 0.25) is 0 Å². The highest BCUT2D eigenvalue weighted by Gasteiger charge is 2.44. The second kappa shape index (κ2) is 4.94. The van der Waals surface area contributed by atoms with Crippen molar-refractivity contribution in [3.63, 3.8) is 0 Å². The molecule has 3 N–H and O–H groups in total. The third kappa shape index (κ3) is 2.33. The van der Waals surface area contributed by atoms with Crippen LogP contribution >= 0.6 is 0 Å². The van der Waals surface area contributed by atoms with Crippen molar-refractivity contribution >= 4 is 5.91 Å². The number of aliphatic hydroxyl groups excluding tert-OH is 1. The predicted molar refractivity (Wildman–Crippen MR) is 66.6 cm³/mol. The van der Waals surface area contributed by atoms with E-state index in [0.717, 1.165) is 51.6 Å². The molecule has 4 nitrogen and oxygen atoms in total. The topological polar surface area (TPSA) is 61.4 Å². The molecule has 0 spiro atoms. The lowest BCUT2D eigenvalue weighted by Gasteiger charge is -2.45. The lowest BCUT2D eigenvalue weighted by molar-refractivity contribution is -0.136. The lowest BCUT2D eigenvalue weighted by Crippen LogP contribution is -2.61. The van der Waals surface area contributed by atoms with E-state index in [4.69, 9.17) is 0 Å². The van der Waals surface area contributed by atoms with E-state index < -0.39 is 0 Å². The minimum Gasteiger partial charge on any atom is -0.394 e. The molecule has 1 saturated heterocycles. The van der Waals surface area contributed by atoms with Gasteiger partial charge in [-0.25, -0.2) is 0 Å². The Kier molecular flexibility index (Phi) is 3.73. The van der Waals surface area contributed by atoms with Gasteiger partial charge in [-0.05, 0) is 45.1 Å². The molecule has 17 heavy (non-hydrogen) atoms. The number of carbonyl (C=O) groups is 1. The summed E-state index contributed by atoms with van der Waals surface area (Å²) in [6.07, 6.45) is 5.84. The van der Waals surface area contributed by atoms with Crippen LogP contribution in [-0.2, 0) is 4.79 Å². The Hall–Kier alpha value is -0.610. The van der Waals surface area contributed by atoms with E-state index in [1.54, 1.807) is 0 Å². The molecule has 1 heterocycles. The Morgan fingerprint density at radius 1 is 1.35 bits per heavy atom. The Morgan fingerprint density at radius 2 is 2.12 bits per heavy atom. The fourth-order valence-electron chi connectivity index (χ4n) is 2.92. The Labute approximate surface area is 103 Å². The van der Waals surface area contributed by atoms with Crippen LogP contribution in [0.4, 0.5) is 0 Å². The summed E-state index contributed by atoms with van der Waals surface area (Å²) in [6.45, 7) is 3.95. The summed E-state index contributed by atoms with van der Waals surface area (Å²) in [5.41, 5.74) is -0.563. The van der Waals surface area contributed by atoms with Gasteiger partial charge in [0.15, 0.2) is 0 Å². The minimum atomic E-state index is -0.309. The monoisotopic (exact) mass is 240 g/mol. The maximum Gasteiger partial charge on any atom is 0.228 e. The number of rotatable bonds is 4. The van der Waals surface area contributed by atoms with Gasteiger partial charge in [-0.2, -0.15) is 0 Å². The van der Waals surface area contributed by atoms with Crippen molar-refractivity contribution in [2.75, 3.05) is 19.7 Å². The minimum absolute atomic E-state index is 0.0754. The molecule has 98 valence electrons. The van der Waals surface area contributed by atoms with E-state index >= 15 is 0 Å². The summed E-state index contributed by atoms with van der Waals surface area (Å²) in [4.78, 5) is 12.5. The molecule has 1 amide bonds. The van der Waals surface area contributed by atoms with Crippen molar-refractivity contribution in [2.24, 2.45) is 5.41 Å². The van der Waals surface area contributed by atoms with Gasteiger partial charge < -0.3 is 15.7 Å². The third-order valence-electron chi connectivity index (χ3n) is 4.62. The van der Waals surface area contributed by atoms with E-state index in [0.29, 0.717) is 0 Å². The molecule has 0 aromatic carbocycles. The molecule has 4 heteroatoms. The van der Waals surface area contributed by atoms with Gasteiger partial charge in [0.2, 0.25) is 5.91 Å². The highest BCUT2D eigenvalue weighted by atomic mass is 16.3. The van der Waals surface area contributed by atoms with Crippen LogP contribution in [0.5, 0.6) is 0 Å². The van der Waals surface area contributed by atoms with Crippen LogP contribution in [0.3, 0.4) is 0 Å². The molecule has 0 aromatic heterocycles. The summed E-state index contributed by atoms with van der Waals surface area (Å²) < 4.78 is 0. The lowest BCUT2D eigenvalue weighted by atomic mass is 9.73. The first kappa shape index (κ1) is 12.8. The van der Waals surface area contributed by atoms with Crippen molar-refractivity contribution in [2.45, 2.75) is 51.0 Å². The summed E-state index contributed by atoms with van der Waals surface area (Å²) in [7, 11) is 0. The van der Waals surface area contributed by atoms with E-state index in [9.17, 15) is 9.90 Å². The van der Waals surface area contributed by atoms with Crippen molar-refractivity contribution in [3.05, 3.63) is 0 Å². The molecule has 0 aromatic rings. The Bertz CT molecular complexity index is 276. The van der Waals surface area contributed by atoms with Crippen molar-refractivity contribution < 1.29 is 9.90 Å². The van der Waals surface area contributed by atoms with Crippen LogP contribution < -0.4 is 10.6 Å². The quantitative estimate of drug-likeness (QED) is 0.681. The van der Waals surface area contributed by atoms with Crippen molar-refractivity contribution in [1.82, 2.24) is 10.6 Å². The van der Waals surface area contributed by atoms with Gasteiger partial charge in [-0.3, -0.25) is 4.79 Å². The number of hydrogen-bond acceptors (Lipinski definition) is 3. The third-order valence-corrected chi connectivity index (χ3v) is 4.62. The van der Waals surface area contributed by atoms with Gasteiger partial charge in [0.05, 0.1) is 17.6 Å². The Morgan fingerprint density at radius 3 is 2.53 bits per heavy atom. The predicted octanol–water partition coefficient (Wildman–Crippen LogP) is 0.797. The van der Waals surface area contributed by atoms with Gasteiger partial charge in [0, 0.05) is 6.54 Å². The SMILES string of the molecule is CCC1(C(=O)NC2(CO)CCC2)CCCNC1. The van der Waals surface area contributed by atoms with Crippen molar-refractivity contribution in [1.29, 1.82) is 0 Å². The number of piperidine rings is 1. The summed E-state index contributed by atoms with van der Waals surface area (Å²) in [5.74, 6) is 0.140. The van der Waals surface area contributed by atoms with E-state index in [1.165, 1.54) is 0 Å². The molecule has 2 fully saturated rings. The number of nitrogens with one attached hydrogen (secondary N) is 2. The average Bonchev–Trinajstić information content (AvgIpc) is 2.34. The first-order valence-electron chi connectivity index (χ1n) is 6.81. The van der Waals surface area contributed by atoms with Gasteiger partial charge in [-0.15, -0.1) is 0 Å². The second-order valence-electron chi connectivity index (χ2n) is 5.66. The highest BCUT2D eigenvalue weighted by Crippen LogP contribution is 2.35. The van der Waals surface area contributed by atoms with E-state index in [2.05, 4.69) is 17.6 Å². The zero-order chi connectivity index (χ0) is 12.4. The van der Waals surface area contributed by atoms with Crippen LogP contribution in [0.15, 0.2) is 0 Å². The molecule has 1 atom stereocenters. The molecule has 1 aliphatic heterocycles. The smallest absolute Gasteiger partial charge is 0.228 e. The summed E-state index contributed by atoms with van der Waals surface area (Å²) in [5, 5.41) is 15.8. The summed E-state index contributed by atoms with van der Waals surface area (Å²) in [6, 6.07) is 0. The normalized spacial score (nSPS) is 31.6. The van der Waals surface area contributed by atoms with Gasteiger partial charge >= 0.3 is 0 Å². The molecule has 0 bridgehead atoms. The first-order valence-corrected chi connectivity index (χ1v) is 6.81. The number of amides is 1. The van der Waals surface area contributed by atoms with Gasteiger partial charge in [0.25, 0.3) is 0 Å². The second-order valence-corrected chi connectivity index (χ2v) is 5.66. The number of aliphatic hydroxyl groups is 1. The Balaban J connectivity index is 2.01. The molecule has 1 aliphatic carbocycles. The molecule has 2 aliphatic rings. The highest BCUT2D eigenvalue weighted by molar-refractivity contribution is 5.83. The molecule has 1 saturated carbocycles. The largest absolute Gasteiger partial charge is 0.394 e. The maximum atomic E-state index is 12.5. The van der Waals surface area contributed by atoms with Crippen molar-refractivity contribution in [3.8, 4) is 0 Å². The zero-order valence-corrected chi connectivity index (χ0v) is 10.7. The molecular weight excluding hydrogens is 216 g/mol. The van der Waals surface area contributed by atoms with E-state index in [1.807, 2.05) is 0 Å². The number of hydrogen-bond donors (Lipinski definition) is 3. The zero-order valence-electron chi connectivity index (χ0n) is 10.7. The average molecular weight is 240 g/mol. The molecule has 1 unspecified atom stereocenters. The molecular formula is C13H24N2O2.